The van der Waals surface area contributed by atoms with Crippen molar-refractivity contribution in [3.8, 4) is 0 Å². The van der Waals surface area contributed by atoms with Gasteiger partial charge in [0.05, 0.1) is 17.1 Å². The van der Waals surface area contributed by atoms with Crippen LogP contribution in [0.2, 0.25) is 0 Å². The number of rotatable bonds is 3. The van der Waals surface area contributed by atoms with E-state index in [2.05, 4.69) is 0 Å². The lowest BCUT2D eigenvalue weighted by Crippen LogP contribution is -2.39. The summed E-state index contributed by atoms with van der Waals surface area (Å²) in [6, 6.07) is 3.33. The molecule has 2 rings (SSSR count). The van der Waals surface area contributed by atoms with Gasteiger partial charge in [0.2, 0.25) is 0 Å². The molecule has 1 aliphatic rings. The molecular weight excluding hydrogens is 274 g/mol. The molecule has 0 radical (unpaired) electrons. The molecule has 1 aliphatic heterocycles. The summed E-state index contributed by atoms with van der Waals surface area (Å²) >= 11 is 0. The fourth-order valence-electron chi connectivity index (χ4n) is 2.45. The van der Waals surface area contributed by atoms with Gasteiger partial charge in [0.25, 0.3) is 0 Å². The van der Waals surface area contributed by atoms with E-state index in [0.29, 0.717) is 18.4 Å². The maximum atomic E-state index is 13.0. The minimum absolute atomic E-state index is 0.0150. The molecule has 0 aliphatic carbocycles. The third kappa shape index (κ3) is 3.30. The maximum absolute atomic E-state index is 13.0. The molecule has 3 nitrogen and oxygen atoms in total. The Morgan fingerprint density at radius 2 is 2.00 bits per heavy atom. The first-order valence-electron chi connectivity index (χ1n) is 6.24. The van der Waals surface area contributed by atoms with Gasteiger partial charge in [-0.25, -0.2) is 17.2 Å². The van der Waals surface area contributed by atoms with E-state index in [-0.39, 0.29) is 12.2 Å². The minimum atomic E-state index is -3.28. The highest BCUT2D eigenvalue weighted by atomic mass is 32.2. The molecule has 1 N–H and O–H groups in total. The Balaban J connectivity index is 2.11. The molecular formula is C13H16F2O3S. The molecule has 1 fully saturated rings. The largest absolute Gasteiger partial charge is 0.391 e. The summed E-state index contributed by atoms with van der Waals surface area (Å²) in [7, 11) is -3.28. The lowest BCUT2D eigenvalue weighted by Gasteiger charge is -2.26. The third-order valence-corrected chi connectivity index (χ3v) is 5.82. The second kappa shape index (κ2) is 5.54. The monoisotopic (exact) mass is 290 g/mol. The Hall–Kier alpha value is -1.01. The summed E-state index contributed by atoms with van der Waals surface area (Å²) < 4.78 is 49.5. The van der Waals surface area contributed by atoms with Crippen LogP contribution in [0.25, 0.3) is 0 Å². The van der Waals surface area contributed by atoms with Gasteiger partial charge in [-0.1, -0.05) is 12.5 Å². The molecule has 0 aromatic heterocycles. The van der Waals surface area contributed by atoms with Crippen LogP contribution in [0.15, 0.2) is 18.2 Å². The normalized spacial score (nSPS) is 24.1. The zero-order valence-electron chi connectivity index (χ0n) is 10.4. The first-order chi connectivity index (χ1) is 8.90. The average molecular weight is 290 g/mol. The topological polar surface area (TPSA) is 54.4 Å². The average Bonchev–Trinajstić information content (AvgIpc) is 2.33. The van der Waals surface area contributed by atoms with Crippen LogP contribution < -0.4 is 0 Å². The van der Waals surface area contributed by atoms with Gasteiger partial charge >= 0.3 is 0 Å². The molecule has 2 atom stereocenters. The predicted molar refractivity (Wildman–Crippen MR) is 67.5 cm³/mol. The summed E-state index contributed by atoms with van der Waals surface area (Å²) in [5, 5.41) is 9.23. The number of aliphatic hydroxyl groups excluding tert-OH is 1. The Morgan fingerprint density at radius 3 is 2.63 bits per heavy atom. The van der Waals surface area contributed by atoms with E-state index in [9.17, 15) is 22.3 Å². The molecule has 106 valence electrons. The van der Waals surface area contributed by atoms with Crippen LogP contribution in [0.4, 0.5) is 8.78 Å². The van der Waals surface area contributed by atoms with Crippen molar-refractivity contribution in [1.82, 2.24) is 0 Å². The lowest BCUT2D eigenvalue weighted by atomic mass is 10.0. The van der Waals surface area contributed by atoms with Crippen LogP contribution in [0.3, 0.4) is 0 Å². The van der Waals surface area contributed by atoms with Crippen LogP contribution in [-0.4, -0.2) is 30.6 Å². The first-order valence-corrected chi connectivity index (χ1v) is 7.95. The second-order valence-corrected chi connectivity index (χ2v) is 7.26. The molecule has 0 amide bonds. The van der Waals surface area contributed by atoms with Crippen molar-refractivity contribution in [2.75, 3.05) is 5.75 Å². The van der Waals surface area contributed by atoms with Gasteiger partial charge in [0.1, 0.15) is 0 Å². The summed E-state index contributed by atoms with van der Waals surface area (Å²) in [6.45, 7) is 0. The van der Waals surface area contributed by atoms with E-state index in [1.54, 1.807) is 0 Å². The Bertz CT molecular complexity index is 557. The van der Waals surface area contributed by atoms with Crippen LogP contribution in [-0.2, 0) is 16.3 Å². The number of halogens is 2. The zero-order valence-corrected chi connectivity index (χ0v) is 11.2. The van der Waals surface area contributed by atoms with Crippen molar-refractivity contribution in [3.63, 3.8) is 0 Å². The smallest absolute Gasteiger partial charge is 0.159 e. The zero-order chi connectivity index (χ0) is 14.0. The van der Waals surface area contributed by atoms with E-state index >= 15 is 0 Å². The Kier molecular flexibility index (Phi) is 4.20. The van der Waals surface area contributed by atoms with Gasteiger partial charge < -0.3 is 5.11 Å². The number of benzene rings is 1. The van der Waals surface area contributed by atoms with Crippen molar-refractivity contribution < 1.29 is 22.3 Å². The molecule has 2 unspecified atom stereocenters. The minimum Gasteiger partial charge on any atom is -0.391 e. The lowest BCUT2D eigenvalue weighted by molar-refractivity contribution is 0.162. The molecule has 1 aromatic rings. The van der Waals surface area contributed by atoms with Gasteiger partial charge in [0, 0.05) is 0 Å². The predicted octanol–water partition coefficient (Wildman–Crippen LogP) is 1.84. The van der Waals surface area contributed by atoms with Gasteiger partial charge in [-0.05, 0) is 37.0 Å². The molecule has 0 saturated carbocycles. The van der Waals surface area contributed by atoms with Crippen LogP contribution >= 0.6 is 0 Å². The van der Waals surface area contributed by atoms with Crippen molar-refractivity contribution in [3.05, 3.63) is 35.4 Å². The van der Waals surface area contributed by atoms with Gasteiger partial charge in [-0.2, -0.15) is 0 Å². The third-order valence-electron chi connectivity index (χ3n) is 3.49. The summed E-state index contributed by atoms with van der Waals surface area (Å²) in [5.41, 5.74) is 0.396. The van der Waals surface area contributed by atoms with Gasteiger partial charge in [0.15, 0.2) is 21.5 Å². The molecule has 6 heteroatoms. The molecule has 0 bridgehead atoms. The van der Waals surface area contributed by atoms with Crippen LogP contribution in [0.1, 0.15) is 24.8 Å². The van der Waals surface area contributed by atoms with E-state index in [1.165, 1.54) is 6.07 Å². The highest BCUT2D eigenvalue weighted by Crippen LogP contribution is 2.24. The van der Waals surface area contributed by atoms with Gasteiger partial charge in [-0.15, -0.1) is 0 Å². The number of hydrogen-bond donors (Lipinski definition) is 1. The van der Waals surface area contributed by atoms with Crippen molar-refractivity contribution in [2.45, 2.75) is 37.0 Å². The molecule has 0 spiro atoms. The Labute approximate surface area is 111 Å². The molecule has 1 aromatic carbocycles. The highest BCUT2D eigenvalue weighted by Gasteiger charge is 2.34. The van der Waals surface area contributed by atoms with Crippen LogP contribution in [0.5, 0.6) is 0 Å². The number of hydrogen-bond acceptors (Lipinski definition) is 3. The highest BCUT2D eigenvalue weighted by molar-refractivity contribution is 7.92. The van der Waals surface area contributed by atoms with E-state index in [0.717, 1.165) is 18.6 Å². The standard InChI is InChI=1S/C13H16F2O3S/c14-10-5-4-9(7-11(10)15)8-12(16)13-3-1-2-6-19(13,17)18/h4-5,7,12-13,16H,1-3,6,8H2. The number of sulfone groups is 1. The molecule has 19 heavy (non-hydrogen) atoms. The van der Waals surface area contributed by atoms with E-state index < -0.39 is 32.8 Å². The summed E-state index contributed by atoms with van der Waals surface area (Å²) in [6.07, 6.45) is 0.749. The SMILES string of the molecule is O=S1(=O)CCCCC1C(O)Cc1ccc(F)c(F)c1. The fraction of sp³-hybridized carbons (Fsp3) is 0.538. The summed E-state index contributed by atoms with van der Waals surface area (Å²) in [4.78, 5) is 0. The van der Waals surface area contributed by atoms with E-state index in [4.69, 9.17) is 0 Å². The molecule has 1 heterocycles. The van der Waals surface area contributed by atoms with Gasteiger partial charge in [-0.3, -0.25) is 0 Å². The summed E-state index contributed by atoms with van der Waals surface area (Å²) in [5.74, 6) is -1.85. The van der Waals surface area contributed by atoms with Crippen molar-refractivity contribution >= 4 is 9.84 Å². The number of aliphatic hydroxyl groups is 1. The Morgan fingerprint density at radius 1 is 1.26 bits per heavy atom. The van der Waals surface area contributed by atoms with Crippen LogP contribution in [0, 0.1) is 11.6 Å². The van der Waals surface area contributed by atoms with E-state index in [1.807, 2.05) is 0 Å². The molecule has 1 saturated heterocycles. The quantitative estimate of drug-likeness (QED) is 0.924. The van der Waals surface area contributed by atoms with Crippen molar-refractivity contribution in [2.24, 2.45) is 0 Å². The second-order valence-electron chi connectivity index (χ2n) is 4.92. The van der Waals surface area contributed by atoms with Crippen molar-refractivity contribution in [1.29, 1.82) is 0 Å². The maximum Gasteiger partial charge on any atom is 0.159 e. The first kappa shape index (κ1) is 14.4. The fourth-order valence-corrected chi connectivity index (χ4v) is 4.46.